The lowest BCUT2D eigenvalue weighted by atomic mass is 10.0. The molecule has 0 saturated heterocycles. The van der Waals surface area contributed by atoms with Crippen LogP contribution in [0.25, 0.3) is 22.4 Å². The van der Waals surface area contributed by atoms with E-state index in [1.54, 1.807) is 18.6 Å². The van der Waals surface area contributed by atoms with Gasteiger partial charge in [0.15, 0.2) is 0 Å². The molecule has 3 rings (SSSR count). The minimum Gasteiger partial charge on any atom is -0.264 e. The van der Waals surface area contributed by atoms with Crippen molar-refractivity contribution in [1.29, 1.82) is 0 Å². The van der Waals surface area contributed by atoms with E-state index >= 15 is 0 Å². The standard InChI is InChI=1S/C16H12ClN3/c17-9-14-5-6-15(12-3-1-7-18-10-12)16(20-14)13-4-2-8-19-11-13/h1-8,10-11H,9H2. The van der Waals surface area contributed by atoms with Crippen molar-refractivity contribution in [3.05, 3.63) is 66.9 Å². The average Bonchev–Trinajstić information content (AvgIpc) is 2.56. The molecule has 98 valence electrons. The van der Waals surface area contributed by atoms with E-state index in [2.05, 4.69) is 15.0 Å². The Hall–Kier alpha value is -2.26. The number of alkyl halides is 1. The fraction of sp³-hybridized carbons (Fsp3) is 0.0625. The number of rotatable bonds is 3. The zero-order valence-corrected chi connectivity index (χ0v) is 11.5. The smallest absolute Gasteiger partial charge is 0.0800 e. The first kappa shape index (κ1) is 12.8. The number of pyridine rings is 3. The molecule has 20 heavy (non-hydrogen) atoms. The highest BCUT2D eigenvalue weighted by Crippen LogP contribution is 2.30. The van der Waals surface area contributed by atoms with Crippen LogP contribution in [0.2, 0.25) is 0 Å². The molecular weight excluding hydrogens is 270 g/mol. The molecule has 0 radical (unpaired) electrons. The molecule has 0 atom stereocenters. The summed E-state index contributed by atoms with van der Waals surface area (Å²) in [5.41, 5.74) is 4.75. The van der Waals surface area contributed by atoms with Crippen LogP contribution in [0.15, 0.2) is 61.2 Å². The molecule has 0 spiro atoms. The monoisotopic (exact) mass is 281 g/mol. The highest BCUT2D eigenvalue weighted by Gasteiger charge is 2.10. The second-order valence-corrected chi connectivity index (χ2v) is 4.58. The summed E-state index contributed by atoms with van der Waals surface area (Å²) in [5.74, 6) is 0.389. The molecule has 3 aromatic rings. The van der Waals surface area contributed by atoms with Crippen LogP contribution < -0.4 is 0 Å². The largest absolute Gasteiger partial charge is 0.264 e. The Kier molecular flexibility index (Phi) is 3.70. The van der Waals surface area contributed by atoms with Gasteiger partial charge in [-0.25, -0.2) is 0 Å². The molecule has 0 aromatic carbocycles. The Morgan fingerprint density at radius 2 is 1.55 bits per heavy atom. The zero-order valence-electron chi connectivity index (χ0n) is 10.7. The molecule has 0 bridgehead atoms. The van der Waals surface area contributed by atoms with Crippen molar-refractivity contribution in [1.82, 2.24) is 15.0 Å². The van der Waals surface area contributed by atoms with Crippen LogP contribution >= 0.6 is 11.6 Å². The van der Waals surface area contributed by atoms with Crippen LogP contribution in [0.1, 0.15) is 5.69 Å². The van der Waals surface area contributed by atoms with Gasteiger partial charge >= 0.3 is 0 Å². The summed E-state index contributed by atoms with van der Waals surface area (Å²) in [7, 11) is 0. The summed E-state index contributed by atoms with van der Waals surface area (Å²) < 4.78 is 0. The predicted octanol–water partition coefficient (Wildman–Crippen LogP) is 3.94. The third kappa shape index (κ3) is 2.53. The third-order valence-corrected chi connectivity index (χ3v) is 3.27. The first-order valence-electron chi connectivity index (χ1n) is 6.25. The van der Waals surface area contributed by atoms with E-state index in [9.17, 15) is 0 Å². The van der Waals surface area contributed by atoms with Gasteiger partial charge in [0.05, 0.1) is 17.3 Å². The number of halogens is 1. The van der Waals surface area contributed by atoms with Gasteiger partial charge in [0.25, 0.3) is 0 Å². The fourth-order valence-corrected chi connectivity index (χ4v) is 2.20. The van der Waals surface area contributed by atoms with Gasteiger partial charge in [0, 0.05) is 41.5 Å². The van der Waals surface area contributed by atoms with Crippen LogP contribution in [-0.2, 0) is 5.88 Å². The van der Waals surface area contributed by atoms with Gasteiger partial charge in [0.1, 0.15) is 0 Å². The van der Waals surface area contributed by atoms with Crippen LogP contribution in [0.5, 0.6) is 0 Å². The lowest BCUT2D eigenvalue weighted by molar-refractivity contribution is 1.17. The second-order valence-electron chi connectivity index (χ2n) is 4.32. The Bertz CT molecular complexity index is 699. The molecule has 0 aliphatic carbocycles. The quantitative estimate of drug-likeness (QED) is 0.683. The molecule has 4 heteroatoms. The second kappa shape index (κ2) is 5.80. The molecular formula is C16H12ClN3. The van der Waals surface area contributed by atoms with Crippen molar-refractivity contribution >= 4 is 11.6 Å². The van der Waals surface area contributed by atoms with Gasteiger partial charge in [-0.05, 0) is 24.3 Å². The van der Waals surface area contributed by atoms with Gasteiger partial charge in [0.2, 0.25) is 0 Å². The minimum atomic E-state index is 0.389. The summed E-state index contributed by atoms with van der Waals surface area (Å²) in [4.78, 5) is 13.0. The van der Waals surface area contributed by atoms with Crippen LogP contribution in [0.3, 0.4) is 0 Å². The van der Waals surface area contributed by atoms with E-state index in [0.717, 1.165) is 28.1 Å². The topological polar surface area (TPSA) is 38.7 Å². The van der Waals surface area contributed by atoms with Crippen molar-refractivity contribution < 1.29 is 0 Å². The molecule has 3 nitrogen and oxygen atoms in total. The summed E-state index contributed by atoms with van der Waals surface area (Å²) in [6.07, 6.45) is 7.14. The number of nitrogens with zero attached hydrogens (tertiary/aromatic N) is 3. The summed E-state index contributed by atoms with van der Waals surface area (Å²) in [6.45, 7) is 0. The fourth-order valence-electron chi connectivity index (χ4n) is 2.05. The molecule has 3 aromatic heterocycles. The maximum atomic E-state index is 5.89. The zero-order chi connectivity index (χ0) is 13.8. The van der Waals surface area contributed by atoms with E-state index in [1.165, 1.54) is 0 Å². The third-order valence-electron chi connectivity index (χ3n) is 3.00. The molecule has 0 N–H and O–H groups in total. The van der Waals surface area contributed by atoms with E-state index < -0.39 is 0 Å². The molecule has 0 saturated carbocycles. The highest BCUT2D eigenvalue weighted by molar-refractivity contribution is 6.16. The van der Waals surface area contributed by atoms with E-state index in [4.69, 9.17) is 11.6 Å². The van der Waals surface area contributed by atoms with Crippen LogP contribution in [0.4, 0.5) is 0 Å². The Labute approximate surface area is 122 Å². The van der Waals surface area contributed by atoms with Crippen molar-refractivity contribution in [2.45, 2.75) is 5.88 Å². The lowest BCUT2D eigenvalue weighted by Crippen LogP contribution is -1.94. The Morgan fingerprint density at radius 1 is 0.850 bits per heavy atom. The van der Waals surface area contributed by atoms with Crippen molar-refractivity contribution in [2.75, 3.05) is 0 Å². The van der Waals surface area contributed by atoms with E-state index in [-0.39, 0.29) is 0 Å². The van der Waals surface area contributed by atoms with Crippen molar-refractivity contribution in [2.24, 2.45) is 0 Å². The molecule has 0 amide bonds. The van der Waals surface area contributed by atoms with E-state index in [0.29, 0.717) is 5.88 Å². The van der Waals surface area contributed by atoms with Crippen molar-refractivity contribution in [3.63, 3.8) is 0 Å². The highest BCUT2D eigenvalue weighted by atomic mass is 35.5. The number of hydrogen-bond acceptors (Lipinski definition) is 3. The Balaban J connectivity index is 2.20. The number of hydrogen-bond donors (Lipinski definition) is 0. The van der Waals surface area contributed by atoms with Gasteiger partial charge in [-0.2, -0.15) is 0 Å². The first-order valence-corrected chi connectivity index (χ1v) is 6.78. The number of aromatic nitrogens is 3. The maximum absolute atomic E-state index is 5.89. The maximum Gasteiger partial charge on any atom is 0.0800 e. The van der Waals surface area contributed by atoms with Gasteiger partial charge < -0.3 is 0 Å². The SMILES string of the molecule is ClCc1ccc(-c2cccnc2)c(-c2cccnc2)n1. The molecule has 0 fully saturated rings. The van der Waals surface area contributed by atoms with Crippen LogP contribution in [0, 0.1) is 0 Å². The van der Waals surface area contributed by atoms with Crippen LogP contribution in [-0.4, -0.2) is 15.0 Å². The van der Waals surface area contributed by atoms with Gasteiger partial charge in [-0.15, -0.1) is 11.6 Å². The average molecular weight is 282 g/mol. The van der Waals surface area contributed by atoms with Crippen molar-refractivity contribution in [3.8, 4) is 22.4 Å². The van der Waals surface area contributed by atoms with Gasteiger partial charge in [-0.1, -0.05) is 12.1 Å². The minimum absolute atomic E-state index is 0.389. The summed E-state index contributed by atoms with van der Waals surface area (Å²) >= 11 is 5.89. The Morgan fingerprint density at radius 3 is 2.15 bits per heavy atom. The summed E-state index contributed by atoms with van der Waals surface area (Å²) in [5, 5.41) is 0. The summed E-state index contributed by atoms with van der Waals surface area (Å²) in [6, 6.07) is 11.8. The van der Waals surface area contributed by atoms with E-state index in [1.807, 2.05) is 42.6 Å². The first-order chi connectivity index (χ1) is 9.88. The molecule has 0 unspecified atom stereocenters. The predicted molar refractivity (Wildman–Crippen MR) is 80.3 cm³/mol. The molecule has 0 aliphatic heterocycles. The molecule has 0 aliphatic rings. The normalized spacial score (nSPS) is 10.4. The van der Waals surface area contributed by atoms with Gasteiger partial charge in [-0.3, -0.25) is 15.0 Å². The lowest BCUT2D eigenvalue weighted by Gasteiger charge is -2.10. The molecule has 3 heterocycles.